The predicted molar refractivity (Wildman–Crippen MR) is 28.3 cm³/mol. The Labute approximate surface area is 102 Å². The summed E-state index contributed by atoms with van der Waals surface area (Å²) >= 11 is 0. The van der Waals surface area contributed by atoms with Gasteiger partial charge in [0.05, 0.1) is 0 Å². The molecule has 0 amide bonds. The van der Waals surface area contributed by atoms with Crippen LogP contribution in [0.1, 0.15) is 6.92 Å². The van der Waals surface area contributed by atoms with Crippen molar-refractivity contribution in [2.24, 2.45) is 0 Å². The van der Waals surface area contributed by atoms with E-state index in [2.05, 4.69) is 0 Å². The molecule has 0 spiro atoms. The molecule has 0 fully saturated rings. The summed E-state index contributed by atoms with van der Waals surface area (Å²) in [5.74, 6) is 0. The summed E-state index contributed by atoms with van der Waals surface area (Å²) in [6.07, 6.45) is 0. The molecule has 10 heavy (non-hydrogen) atoms. The number of hydrogen-bond acceptors (Lipinski definition) is 3. The van der Waals surface area contributed by atoms with E-state index in [9.17, 15) is 0 Å². The second-order valence-electron chi connectivity index (χ2n) is 0.737. The third kappa shape index (κ3) is 329. The molecule has 0 aliphatic heterocycles. The van der Waals surface area contributed by atoms with Crippen LogP contribution in [0.4, 0.5) is 0 Å². The fourth-order valence-corrected chi connectivity index (χ4v) is 0. The average molecular weight is 200 g/mol. The molecular formula is C2H9KO6S. The van der Waals surface area contributed by atoms with Gasteiger partial charge in [0, 0.05) is 0 Å². The summed E-state index contributed by atoms with van der Waals surface area (Å²) in [7, 11) is -4.67. The van der Waals surface area contributed by atoms with Gasteiger partial charge in [-0.25, -0.2) is 0 Å². The molecule has 0 aliphatic carbocycles. The predicted octanol–water partition coefficient (Wildman–Crippen LogP) is -5.11. The molecule has 0 rings (SSSR count). The maximum atomic E-state index is 8.93. The van der Waals surface area contributed by atoms with E-state index in [-0.39, 0.29) is 63.5 Å². The molecule has 8 heteroatoms. The Morgan fingerprint density at radius 1 is 1.40 bits per heavy atom. The van der Waals surface area contributed by atoms with Crippen molar-refractivity contribution in [3.63, 3.8) is 0 Å². The zero-order chi connectivity index (χ0) is 7.21. The third-order valence-electron chi connectivity index (χ3n) is 0. The second kappa shape index (κ2) is 13.0. The van der Waals surface area contributed by atoms with Crippen molar-refractivity contribution in [3.8, 4) is 0 Å². The van der Waals surface area contributed by atoms with Crippen LogP contribution < -0.4 is 56.5 Å². The first-order chi connectivity index (χ1) is 3.41. The molecule has 0 saturated heterocycles. The van der Waals surface area contributed by atoms with Gasteiger partial charge in [-0.05, 0) is 0 Å². The van der Waals surface area contributed by atoms with E-state index in [4.69, 9.17) is 22.6 Å². The van der Waals surface area contributed by atoms with Crippen LogP contribution in [0.25, 0.3) is 0 Å². The van der Waals surface area contributed by atoms with Gasteiger partial charge >= 0.3 is 61.8 Å². The largest absolute Gasteiger partial charge is 1.00 e. The molecule has 4 N–H and O–H groups in total. The molecule has 0 atom stereocenters. The molecule has 6 nitrogen and oxygen atoms in total. The fraction of sp³-hybridized carbons (Fsp3) is 1.00. The first kappa shape index (κ1) is 22.5. The normalized spacial score (nSPS) is 7.60. The van der Waals surface area contributed by atoms with Gasteiger partial charge in [0.25, 0.3) is 0 Å². The summed E-state index contributed by atoms with van der Waals surface area (Å²) < 4.78 is 31.6. The fourth-order valence-electron chi connectivity index (χ4n) is 0. The smallest absolute Gasteiger partial charge is 0.855 e. The van der Waals surface area contributed by atoms with E-state index in [1.807, 2.05) is 0 Å². The Kier molecular flexibility index (Phi) is 29.4. The first-order valence-corrected chi connectivity index (χ1v) is 3.09. The summed E-state index contributed by atoms with van der Waals surface area (Å²) in [4.78, 5) is 0. The minimum Gasteiger partial charge on any atom is -0.855 e. The van der Waals surface area contributed by atoms with E-state index in [1.54, 1.807) is 6.92 Å². The van der Waals surface area contributed by atoms with Crippen LogP contribution in [0.5, 0.6) is 0 Å². The minimum absolute atomic E-state index is 0. The first-order valence-electron chi connectivity index (χ1n) is 1.69. The zero-order valence-corrected chi connectivity index (χ0v) is 9.67. The van der Waals surface area contributed by atoms with Crippen LogP contribution in [0.2, 0.25) is 0 Å². The van der Waals surface area contributed by atoms with Crippen molar-refractivity contribution < 1.29 is 79.5 Å². The van der Waals surface area contributed by atoms with Crippen LogP contribution >= 0.6 is 0 Å². The van der Waals surface area contributed by atoms with Crippen molar-refractivity contribution in [2.75, 3.05) is 6.61 Å². The molecule has 0 saturated carbocycles. The molecule has 0 unspecified atom stereocenters. The van der Waals surface area contributed by atoms with Gasteiger partial charge in [-0.1, -0.05) is 6.92 Å². The zero-order valence-electron chi connectivity index (χ0n) is 5.73. The molecule has 0 aliphatic rings. The van der Waals surface area contributed by atoms with E-state index in [1.165, 1.54) is 0 Å². The molecule has 0 bridgehead atoms. The van der Waals surface area contributed by atoms with Gasteiger partial charge in [0.15, 0.2) is 0 Å². The molecule has 0 radical (unpaired) electrons. The molecular weight excluding hydrogens is 191 g/mol. The van der Waals surface area contributed by atoms with Gasteiger partial charge in [0.2, 0.25) is 0 Å². The van der Waals surface area contributed by atoms with Crippen LogP contribution in [-0.4, -0.2) is 29.6 Å². The molecule has 0 aromatic rings. The van der Waals surface area contributed by atoms with Crippen molar-refractivity contribution >= 4 is 10.4 Å². The summed E-state index contributed by atoms with van der Waals surface area (Å²) in [6.45, 7) is 1.57. The summed E-state index contributed by atoms with van der Waals surface area (Å²) in [6, 6.07) is 0. The van der Waals surface area contributed by atoms with E-state index >= 15 is 0 Å². The van der Waals surface area contributed by atoms with Crippen LogP contribution in [0.15, 0.2) is 0 Å². The molecule has 0 aromatic carbocycles. The van der Waals surface area contributed by atoms with Crippen molar-refractivity contribution in [2.45, 2.75) is 6.92 Å². The van der Waals surface area contributed by atoms with Crippen LogP contribution in [0.3, 0.4) is 0 Å². The van der Waals surface area contributed by atoms with Crippen molar-refractivity contribution in [3.05, 3.63) is 0 Å². The monoisotopic (exact) mass is 200 g/mol. The van der Waals surface area contributed by atoms with Gasteiger partial charge in [-0.3, -0.25) is 9.11 Å². The van der Waals surface area contributed by atoms with Gasteiger partial charge in [0.1, 0.15) is 0 Å². The van der Waals surface area contributed by atoms with E-state index < -0.39 is 10.4 Å². The van der Waals surface area contributed by atoms with Crippen LogP contribution in [0, 0.1) is 0 Å². The van der Waals surface area contributed by atoms with Gasteiger partial charge in [-0.15, -0.1) is 6.61 Å². The van der Waals surface area contributed by atoms with Crippen molar-refractivity contribution in [1.82, 2.24) is 0 Å². The maximum Gasteiger partial charge on any atom is 1.00 e. The average Bonchev–Trinajstić information content (AvgIpc) is 1.27. The topological polar surface area (TPSA) is 129 Å². The number of hydrogen-bond donors (Lipinski definition) is 2. The maximum absolute atomic E-state index is 8.93. The van der Waals surface area contributed by atoms with Gasteiger partial charge in [-0.2, -0.15) is 8.42 Å². The number of rotatable bonds is 0. The van der Waals surface area contributed by atoms with Crippen molar-refractivity contribution in [1.29, 1.82) is 0 Å². The Morgan fingerprint density at radius 2 is 1.40 bits per heavy atom. The minimum atomic E-state index is -4.67. The van der Waals surface area contributed by atoms with E-state index in [0.29, 0.717) is 0 Å². The second-order valence-corrected chi connectivity index (χ2v) is 1.63. The molecule has 0 aromatic heterocycles. The SMILES string of the molecule is CC[O-].O.O=S(=O)(O)O.[K+]. The van der Waals surface area contributed by atoms with Crippen LogP contribution in [-0.2, 0) is 10.4 Å². The standard InChI is InChI=1S/C2H5O.K.H2O4S.H2O/c1-2-3;;1-5(2,3)4;/h2H2,1H3;;(H2,1,2,3,4);1H2/q-1;+1;;. The van der Waals surface area contributed by atoms with E-state index in [0.717, 1.165) is 0 Å². The Bertz CT molecular complexity index is 110. The quantitative estimate of drug-likeness (QED) is 0.298. The molecule has 60 valence electrons. The van der Waals surface area contributed by atoms with Gasteiger partial charge < -0.3 is 10.6 Å². The Morgan fingerprint density at radius 3 is 1.40 bits per heavy atom. The Balaban J connectivity index is -0.0000000326. The molecule has 0 heterocycles. The summed E-state index contributed by atoms with van der Waals surface area (Å²) in [5, 5.41) is 8.93. The Hall–Kier alpha value is 1.43. The summed E-state index contributed by atoms with van der Waals surface area (Å²) in [5.41, 5.74) is 0. The third-order valence-corrected chi connectivity index (χ3v) is 0.